The topological polar surface area (TPSA) is 66.4 Å². The number of hydrogen-bond acceptors (Lipinski definition) is 2. The average molecular weight is 255 g/mol. The van der Waals surface area contributed by atoms with E-state index >= 15 is 0 Å². The summed E-state index contributed by atoms with van der Waals surface area (Å²) in [6.07, 6.45) is 4.14. The summed E-state index contributed by atoms with van der Waals surface area (Å²) in [5.41, 5.74) is -0.460. The zero-order chi connectivity index (χ0) is 13.8. The second-order valence-corrected chi connectivity index (χ2v) is 5.87. The molecule has 18 heavy (non-hydrogen) atoms. The lowest BCUT2D eigenvalue weighted by atomic mass is 9.74. The van der Waals surface area contributed by atoms with E-state index in [2.05, 4.69) is 26.1 Å². The maximum absolute atomic E-state index is 12.0. The van der Waals surface area contributed by atoms with E-state index in [0.717, 1.165) is 25.7 Å². The fourth-order valence-electron chi connectivity index (χ4n) is 2.68. The number of nitrogens with one attached hydrogen (secondary N) is 1. The number of carboxylic acids is 1. The maximum atomic E-state index is 12.0. The quantitative estimate of drug-likeness (QED) is 0.734. The minimum Gasteiger partial charge on any atom is -0.481 e. The second-order valence-electron chi connectivity index (χ2n) is 5.87. The molecule has 1 aliphatic rings. The number of rotatable bonds is 7. The van der Waals surface area contributed by atoms with Crippen molar-refractivity contribution in [3.8, 4) is 0 Å². The van der Waals surface area contributed by atoms with E-state index in [4.69, 9.17) is 5.11 Å². The van der Waals surface area contributed by atoms with Crippen LogP contribution < -0.4 is 5.32 Å². The molecule has 1 unspecified atom stereocenters. The minimum atomic E-state index is -0.828. The zero-order valence-electron chi connectivity index (χ0n) is 11.7. The lowest BCUT2D eigenvalue weighted by Crippen LogP contribution is -2.55. The Kier molecular flexibility index (Phi) is 5.17. The molecule has 0 spiro atoms. The highest BCUT2D eigenvalue weighted by Gasteiger charge is 2.40. The normalized spacial score (nSPS) is 19.1. The summed E-state index contributed by atoms with van der Waals surface area (Å²) in [5, 5.41) is 11.9. The van der Waals surface area contributed by atoms with Gasteiger partial charge in [0, 0.05) is 6.42 Å². The molecule has 0 aliphatic heterocycles. The highest BCUT2D eigenvalue weighted by atomic mass is 16.4. The molecule has 1 amide bonds. The van der Waals surface area contributed by atoms with Gasteiger partial charge in [-0.1, -0.05) is 27.2 Å². The molecule has 0 radical (unpaired) electrons. The van der Waals surface area contributed by atoms with E-state index in [1.807, 2.05) is 0 Å². The average Bonchev–Trinajstić information content (AvgIpc) is 2.21. The van der Waals surface area contributed by atoms with Crippen molar-refractivity contribution in [2.45, 2.75) is 64.8 Å². The van der Waals surface area contributed by atoms with Crippen LogP contribution in [0, 0.1) is 11.8 Å². The van der Waals surface area contributed by atoms with E-state index in [1.165, 1.54) is 0 Å². The highest BCUT2D eigenvalue weighted by Crippen LogP contribution is 2.35. The fraction of sp³-hybridized carbons (Fsp3) is 0.857. The molecule has 0 aromatic carbocycles. The van der Waals surface area contributed by atoms with Crippen LogP contribution in [0.4, 0.5) is 0 Å². The predicted molar refractivity (Wildman–Crippen MR) is 70.2 cm³/mol. The van der Waals surface area contributed by atoms with Gasteiger partial charge in [0.2, 0.25) is 5.91 Å². The van der Waals surface area contributed by atoms with E-state index in [1.54, 1.807) is 0 Å². The van der Waals surface area contributed by atoms with E-state index in [-0.39, 0.29) is 12.3 Å². The Labute approximate surface area is 109 Å². The van der Waals surface area contributed by atoms with Gasteiger partial charge in [-0.2, -0.15) is 0 Å². The van der Waals surface area contributed by atoms with Gasteiger partial charge in [-0.25, -0.2) is 0 Å². The van der Waals surface area contributed by atoms with Gasteiger partial charge in [0.25, 0.3) is 0 Å². The molecule has 0 bridgehead atoms. The molecule has 1 aliphatic carbocycles. The lowest BCUT2D eigenvalue weighted by molar-refractivity contribution is -0.140. The van der Waals surface area contributed by atoms with Gasteiger partial charge in [-0.15, -0.1) is 0 Å². The van der Waals surface area contributed by atoms with Crippen LogP contribution in [0.5, 0.6) is 0 Å². The van der Waals surface area contributed by atoms with Crippen molar-refractivity contribution in [1.29, 1.82) is 0 Å². The van der Waals surface area contributed by atoms with Gasteiger partial charge >= 0.3 is 5.97 Å². The summed E-state index contributed by atoms with van der Waals surface area (Å²) in [4.78, 5) is 22.8. The molecule has 4 heteroatoms. The Hall–Kier alpha value is -1.06. The van der Waals surface area contributed by atoms with Gasteiger partial charge in [0.15, 0.2) is 0 Å². The summed E-state index contributed by atoms with van der Waals surface area (Å²) in [6.45, 7) is 6.34. The first kappa shape index (κ1) is 15.0. The van der Waals surface area contributed by atoms with Crippen molar-refractivity contribution in [2.24, 2.45) is 11.8 Å². The SMILES string of the molecule is CCC(CC(=O)NC1(CC(=O)O)CCC1)C(C)C. The van der Waals surface area contributed by atoms with Crippen LogP contribution in [-0.4, -0.2) is 22.5 Å². The molecule has 1 rings (SSSR count). The Morgan fingerprint density at radius 2 is 1.94 bits per heavy atom. The number of aliphatic carboxylic acids is 1. The smallest absolute Gasteiger partial charge is 0.305 e. The fourth-order valence-corrected chi connectivity index (χ4v) is 2.68. The first-order valence-electron chi connectivity index (χ1n) is 6.91. The summed E-state index contributed by atoms with van der Waals surface area (Å²) in [5.74, 6) is 0.0481. The number of amides is 1. The van der Waals surface area contributed by atoms with Crippen molar-refractivity contribution >= 4 is 11.9 Å². The molecular weight excluding hydrogens is 230 g/mol. The van der Waals surface area contributed by atoms with Crippen molar-refractivity contribution in [2.75, 3.05) is 0 Å². The number of carbonyl (C=O) groups is 2. The molecule has 0 heterocycles. The number of hydrogen-bond donors (Lipinski definition) is 2. The zero-order valence-corrected chi connectivity index (χ0v) is 11.7. The Morgan fingerprint density at radius 3 is 2.28 bits per heavy atom. The second kappa shape index (κ2) is 6.21. The Balaban J connectivity index is 2.50. The monoisotopic (exact) mass is 255 g/mol. The standard InChI is InChI=1S/C14H25NO3/c1-4-11(10(2)3)8-12(16)15-14(6-5-7-14)9-13(17)18/h10-11H,4-9H2,1-3H3,(H,15,16)(H,17,18). The van der Waals surface area contributed by atoms with Crippen LogP contribution in [0.2, 0.25) is 0 Å². The summed E-state index contributed by atoms with van der Waals surface area (Å²) < 4.78 is 0. The molecule has 1 atom stereocenters. The maximum Gasteiger partial charge on any atom is 0.305 e. The molecule has 104 valence electrons. The molecule has 2 N–H and O–H groups in total. The first-order chi connectivity index (χ1) is 8.38. The number of carboxylic acid groups (broad SMARTS) is 1. The van der Waals surface area contributed by atoms with Crippen LogP contribution in [0.15, 0.2) is 0 Å². The van der Waals surface area contributed by atoms with Gasteiger partial charge in [0.05, 0.1) is 12.0 Å². The molecule has 1 fully saturated rings. The third-order valence-electron chi connectivity index (χ3n) is 4.12. The predicted octanol–water partition coefficient (Wildman–Crippen LogP) is 2.57. The van der Waals surface area contributed by atoms with Crippen LogP contribution in [-0.2, 0) is 9.59 Å². The van der Waals surface area contributed by atoms with Crippen LogP contribution in [0.3, 0.4) is 0 Å². The van der Waals surface area contributed by atoms with E-state index < -0.39 is 11.5 Å². The van der Waals surface area contributed by atoms with Gasteiger partial charge in [-0.05, 0) is 31.1 Å². The highest BCUT2D eigenvalue weighted by molar-refractivity contribution is 5.78. The van der Waals surface area contributed by atoms with Crippen molar-refractivity contribution in [3.63, 3.8) is 0 Å². The molecule has 0 aromatic heterocycles. The first-order valence-corrected chi connectivity index (χ1v) is 6.91. The van der Waals surface area contributed by atoms with Crippen LogP contribution in [0.1, 0.15) is 59.3 Å². The largest absolute Gasteiger partial charge is 0.481 e. The third kappa shape index (κ3) is 4.00. The molecular formula is C14H25NO3. The molecule has 0 saturated heterocycles. The van der Waals surface area contributed by atoms with E-state index in [0.29, 0.717) is 18.3 Å². The van der Waals surface area contributed by atoms with Crippen LogP contribution in [0.25, 0.3) is 0 Å². The Bertz CT molecular complexity index is 308. The van der Waals surface area contributed by atoms with Gasteiger partial charge < -0.3 is 10.4 Å². The number of carbonyl (C=O) groups excluding carboxylic acids is 1. The van der Waals surface area contributed by atoms with Crippen molar-refractivity contribution in [3.05, 3.63) is 0 Å². The molecule has 0 aromatic rings. The van der Waals surface area contributed by atoms with Gasteiger partial charge in [-0.3, -0.25) is 9.59 Å². The summed E-state index contributed by atoms with van der Waals surface area (Å²) >= 11 is 0. The van der Waals surface area contributed by atoms with E-state index in [9.17, 15) is 9.59 Å². The lowest BCUT2D eigenvalue weighted by Gasteiger charge is -2.41. The summed E-state index contributed by atoms with van der Waals surface area (Å²) in [7, 11) is 0. The minimum absolute atomic E-state index is 0.0106. The van der Waals surface area contributed by atoms with Crippen molar-refractivity contribution in [1.82, 2.24) is 5.32 Å². The van der Waals surface area contributed by atoms with Crippen molar-refractivity contribution < 1.29 is 14.7 Å². The molecule has 1 saturated carbocycles. The summed E-state index contributed by atoms with van der Waals surface area (Å²) in [6, 6.07) is 0. The van der Waals surface area contributed by atoms with Gasteiger partial charge in [0.1, 0.15) is 0 Å². The molecule has 4 nitrogen and oxygen atoms in total. The Morgan fingerprint density at radius 1 is 1.33 bits per heavy atom. The third-order valence-corrected chi connectivity index (χ3v) is 4.12. The van der Waals surface area contributed by atoms with Crippen LogP contribution >= 0.6 is 0 Å².